The first-order valence-corrected chi connectivity index (χ1v) is 7.73. The van der Waals surface area contributed by atoms with Crippen LogP contribution in [0.5, 0.6) is 0 Å². The fourth-order valence-electron chi connectivity index (χ4n) is 2.64. The molecule has 5 heteroatoms. The van der Waals surface area contributed by atoms with Crippen molar-refractivity contribution in [3.8, 4) is 0 Å². The Morgan fingerprint density at radius 2 is 2.18 bits per heavy atom. The van der Waals surface area contributed by atoms with E-state index in [1.807, 2.05) is 12.1 Å². The first-order chi connectivity index (χ1) is 10.5. The lowest BCUT2D eigenvalue weighted by atomic mass is 10.0. The number of hydrogen-bond acceptors (Lipinski definition) is 3. The second kappa shape index (κ2) is 7.20. The van der Waals surface area contributed by atoms with E-state index in [-0.39, 0.29) is 11.8 Å². The van der Waals surface area contributed by atoms with E-state index in [4.69, 9.17) is 0 Å². The zero-order valence-corrected chi connectivity index (χ0v) is 13.2. The molecule has 0 aromatic carbocycles. The quantitative estimate of drug-likeness (QED) is 0.870. The third kappa shape index (κ3) is 3.72. The Labute approximate surface area is 131 Å². The van der Waals surface area contributed by atoms with Crippen LogP contribution in [0.4, 0.5) is 5.82 Å². The Bertz CT molecular complexity index is 569. The van der Waals surface area contributed by atoms with Crippen LogP contribution in [-0.2, 0) is 9.59 Å². The molecule has 1 aromatic rings. The van der Waals surface area contributed by atoms with Crippen molar-refractivity contribution in [1.29, 1.82) is 0 Å². The maximum atomic E-state index is 12.5. The summed E-state index contributed by atoms with van der Waals surface area (Å²) in [5.41, 5.74) is 0.931. The summed E-state index contributed by atoms with van der Waals surface area (Å²) >= 11 is 0. The zero-order valence-electron chi connectivity index (χ0n) is 13.2. The van der Waals surface area contributed by atoms with E-state index >= 15 is 0 Å². The molecule has 1 N–H and O–H groups in total. The van der Waals surface area contributed by atoms with Crippen molar-refractivity contribution in [3.63, 3.8) is 0 Å². The van der Waals surface area contributed by atoms with Crippen molar-refractivity contribution in [2.45, 2.75) is 45.1 Å². The van der Waals surface area contributed by atoms with E-state index in [1.54, 1.807) is 11.0 Å². The second-order valence-electron chi connectivity index (χ2n) is 5.84. The summed E-state index contributed by atoms with van der Waals surface area (Å²) in [6, 6.07) is 5.15. The molecule has 0 spiro atoms. The molecule has 1 atom stereocenters. The first-order valence-electron chi connectivity index (χ1n) is 7.73. The number of rotatable bonds is 4. The lowest BCUT2D eigenvalue weighted by Crippen LogP contribution is -2.49. The normalized spacial score (nSPS) is 18.1. The number of hydrogen-bond donors (Lipinski definition) is 1. The molecule has 2 amide bonds. The summed E-state index contributed by atoms with van der Waals surface area (Å²) in [6.45, 7) is 8.22. The highest BCUT2D eigenvalue weighted by Gasteiger charge is 2.31. The molecule has 0 saturated carbocycles. The highest BCUT2D eigenvalue weighted by molar-refractivity contribution is 5.98. The van der Waals surface area contributed by atoms with Crippen LogP contribution in [0.15, 0.2) is 30.9 Å². The van der Waals surface area contributed by atoms with Crippen LogP contribution in [-0.4, -0.2) is 34.3 Å². The minimum Gasteiger partial charge on any atom is -0.327 e. The molecule has 5 nitrogen and oxygen atoms in total. The van der Waals surface area contributed by atoms with Gasteiger partial charge in [-0.2, -0.15) is 0 Å². The molecule has 0 aliphatic carbocycles. The smallest absolute Gasteiger partial charge is 0.248 e. The molecule has 1 unspecified atom stereocenters. The maximum absolute atomic E-state index is 12.5. The number of piperidine rings is 1. The molecule has 1 fully saturated rings. The molecule has 0 radical (unpaired) electrons. The van der Waals surface area contributed by atoms with Crippen LogP contribution in [0.1, 0.15) is 44.7 Å². The molecule has 1 aliphatic rings. The van der Waals surface area contributed by atoms with Gasteiger partial charge in [-0.15, -0.1) is 0 Å². The van der Waals surface area contributed by atoms with Crippen LogP contribution in [0.3, 0.4) is 0 Å². The van der Waals surface area contributed by atoms with Crippen molar-refractivity contribution in [1.82, 2.24) is 9.88 Å². The Morgan fingerprint density at radius 3 is 2.86 bits per heavy atom. The van der Waals surface area contributed by atoms with E-state index in [1.165, 1.54) is 6.08 Å². The fraction of sp³-hybridized carbons (Fsp3) is 0.471. The van der Waals surface area contributed by atoms with Gasteiger partial charge in [0.1, 0.15) is 11.9 Å². The predicted octanol–water partition coefficient (Wildman–Crippen LogP) is 2.71. The summed E-state index contributed by atoms with van der Waals surface area (Å²) in [6.07, 6.45) is 3.81. The molecule has 22 heavy (non-hydrogen) atoms. The van der Waals surface area contributed by atoms with Gasteiger partial charge in [0.15, 0.2) is 0 Å². The SMILES string of the molecule is C=CC(=O)N1CCCCC1C(=O)Nc1cccc(C(C)C)n1. The number of aromatic nitrogens is 1. The van der Waals surface area contributed by atoms with E-state index in [0.717, 1.165) is 18.5 Å². The van der Waals surface area contributed by atoms with Crippen molar-refractivity contribution in [2.24, 2.45) is 0 Å². The molecule has 2 heterocycles. The van der Waals surface area contributed by atoms with Gasteiger partial charge in [-0.25, -0.2) is 4.98 Å². The number of amides is 2. The predicted molar refractivity (Wildman–Crippen MR) is 86.5 cm³/mol. The third-order valence-electron chi connectivity index (χ3n) is 3.88. The van der Waals surface area contributed by atoms with Crippen molar-refractivity contribution < 1.29 is 9.59 Å². The first kappa shape index (κ1) is 16.2. The van der Waals surface area contributed by atoms with Crippen molar-refractivity contribution in [3.05, 3.63) is 36.5 Å². The molecule has 1 aliphatic heterocycles. The summed E-state index contributed by atoms with van der Waals surface area (Å²) in [5, 5.41) is 2.84. The number of nitrogens with one attached hydrogen (secondary N) is 1. The number of likely N-dealkylation sites (tertiary alicyclic amines) is 1. The summed E-state index contributed by atoms with van der Waals surface area (Å²) in [5.74, 6) is 0.463. The lowest BCUT2D eigenvalue weighted by molar-refractivity contribution is -0.136. The van der Waals surface area contributed by atoms with E-state index in [0.29, 0.717) is 24.7 Å². The molecule has 1 aromatic heterocycles. The van der Waals surface area contributed by atoms with Crippen LogP contribution >= 0.6 is 0 Å². The average Bonchev–Trinajstić information content (AvgIpc) is 2.54. The number of carbonyl (C=O) groups is 2. The number of pyridine rings is 1. The van der Waals surface area contributed by atoms with Gasteiger partial charge < -0.3 is 10.2 Å². The van der Waals surface area contributed by atoms with E-state index < -0.39 is 6.04 Å². The topological polar surface area (TPSA) is 62.3 Å². The molecule has 118 valence electrons. The minimum atomic E-state index is -0.441. The monoisotopic (exact) mass is 301 g/mol. The van der Waals surface area contributed by atoms with Gasteiger partial charge in [-0.1, -0.05) is 26.5 Å². The highest BCUT2D eigenvalue weighted by atomic mass is 16.2. The van der Waals surface area contributed by atoms with Crippen molar-refractivity contribution in [2.75, 3.05) is 11.9 Å². The summed E-state index contributed by atoms with van der Waals surface area (Å²) in [4.78, 5) is 30.4. The van der Waals surface area contributed by atoms with E-state index in [9.17, 15) is 9.59 Å². The maximum Gasteiger partial charge on any atom is 0.248 e. The van der Waals surface area contributed by atoms with Gasteiger partial charge in [0, 0.05) is 12.2 Å². The molecular weight excluding hydrogens is 278 g/mol. The van der Waals surface area contributed by atoms with Gasteiger partial charge in [0.05, 0.1) is 0 Å². The standard InChI is InChI=1S/C17H23N3O2/c1-4-16(21)20-11-6-5-9-14(20)17(22)19-15-10-7-8-13(18-15)12(2)3/h4,7-8,10,12,14H,1,5-6,9,11H2,2-3H3,(H,18,19,22). The van der Waals surface area contributed by atoms with Gasteiger partial charge >= 0.3 is 0 Å². The number of carbonyl (C=O) groups excluding carboxylic acids is 2. The Balaban J connectivity index is 2.11. The van der Waals surface area contributed by atoms with Gasteiger partial charge in [0.2, 0.25) is 11.8 Å². The molecule has 0 bridgehead atoms. The Kier molecular flexibility index (Phi) is 5.31. The lowest BCUT2D eigenvalue weighted by Gasteiger charge is -2.33. The average molecular weight is 301 g/mol. The van der Waals surface area contributed by atoms with E-state index in [2.05, 4.69) is 30.7 Å². The largest absolute Gasteiger partial charge is 0.327 e. The third-order valence-corrected chi connectivity index (χ3v) is 3.88. The molecular formula is C17H23N3O2. The summed E-state index contributed by atoms with van der Waals surface area (Å²) < 4.78 is 0. The van der Waals surface area contributed by atoms with Crippen LogP contribution < -0.4 is 5.32 Å². The van der Waals surface area contributed by atoms with Crippen LogP contribution in [0.25, 0.3) is 0 Å². The number of nitrogens with zero attached hydrogens (tertiary/aromatic N) is 2. The minimum absolute atomic E-state index is 0.177. The highest BCUT2D eigenvalue weighted by Crippen LogP contribution is 2.20. The van der Waals surface area contributed by atoms with Crippen LogP contribution in [0, 0.1) is 0 Å². The Hall–Kier alpha value is -2.17. The van der Waals surface area contributed by atoms with Gasteiger partial charge in [0.25, 0.3) is 0 Å². The number of anilines is 1. The van der Waals surface area contributed by atoms with Gasteiger partial charge in [-0.3, -0.25) is 9.59 Å². The van der Waals surface area contributed by atoms with Crippen LogP contribution in [0.2, 0.25) is 0 Å². The fourth-order valence-corrected chi connectivity index (χ4v) is 2.64. The summed E-state index contributed by atoms with van der Waals surface area (Å²) in [7, 11) is 0. The zero-order chi connectivity index (χ0) is 16.1. The second-order valence-corrected chi connectivity index (χ2v) is 5.84. The Morgan fingerprint density at radius 1 is 1.41 bits per heavy atom. The van der Waals surface area contributed by atoms with Crippen molar-refractivity contribution >= 4 is 17.6 Å². The van der Waals surface area contributed by atoms with Gasteiger partial charge in [-0.05, 0) is 43.4 Å². The molecule has 1 saturated heterocycles. The molecule has 2 rings (SSSR count).